The summed E-state index contributed by atoms with van der Waals surface area (Å²) in [4.78, 5) is 12.2. The van der Waals surface area contributed by atoms with E-state index in [1.165, 1.54) is 18.2 Å². The Hall–Kier alpha value is -2.37. The van der Waals surface area contributed by atoms with Gasteiger partial charge in [0.1, 0.15) is 35.7 Å². The van der Waals surface area contributed by atoms with Crippen LogP contribution in [0.4, 0.5) is 0 Å². The van der Waals surface area contributed by atoms with Crippen LogP contribution in [0.3, 0.4) is 0 Å². The van der Waals surface area contributed by atoms with E-state index in [-0.39, 0.29) is 34.8 Å². The summed E-state index contributed by atoms with van der Waals surface area (Å²) >= 11 is 0. The van der Waals surface area contributed by atoms with E-state index in [9.17, 15) is 30.3 Å². The number of rotatable bonds is 9. The second kappa shape index (κ2) is 10.3. The molecule has 10 heteroatoms. The molecule has 2 aromatic rings. The number of aliphatic hydroxyl groups is 4. The van der Waals surface area contributed by atoms with Crippen molar-refractivity contribution < 1.29 is 44.2 Å². The molecule has 1 aliphatic rings. The average molecular weight is 440 g/mol. The van der Waals surface area contributed by atoms with Gasteiger partial charge in [0.2, 0.25) is 12.0 Å². The molecule has 5 N–H and O–H groups in total. The predicted octanol–water partition coefficient (Wildman–Crippen LogP) is 0.636. The van der Waals surface area contributed by atoms with Gasteiger partial charge in [-0.15, -0.1) is 0 Å². The molecule has 1 saturated heterocycles. The number of ether oxygens (including phenoxy) is 3. The highest BCUT2D eigenvalue weighted by atomic mass is 16.7. The van der Waals surface area contributed by atoms with E-state index in [1.807, 2.05) is 0 Å². The van der Waals surface area contributed by atoms with E-state index in [1.54, 1.807) is 0 Å². The Labute approximate surface area is 178 Å². The molecule has 0 saturated carbocycles. The topological polar surface area (TPSA) is 159 Å². The van der Waals surface area contributed by atoms with E-state index in [0.717, 1.165) is 25.7 Å². The first kappa shape index (κ1) is 23.3. The van der Waals surface area contributed by atoms with Gasteiger partial charge in [-0.25, -0.2) is 4.79 Å². The second-order valence-electron chi connectivity index (χ2n) is 7.45. The molecule has 0 amide bonds. The van der Waals surface area contributed by atoms with Crippen LogP contribution in [0.1, 0.15) is 32.6 Å². The van der Waals surface area contributed by atoms with Gasteiger partial charge < -0.3 is 44.2 Å². The molecule has 1 unspecified atom stereocenters. The number of aromatic hydroxyl groups is 1. The smallest absolute Gasteiger partial charge is 0.383 e. The molecule has 5 atom stereocenters. The quantitative estimate of drug-likeness (QED) is 0.277. The number of benzene rings is 1. The second-order valence-corrected chi connectivity index (χ2v) is 7.45. The van der Waals surface area contributed by atoms with Gasteiger partial charge in [-0.05, 0) is 18.6 Å². The summed E-state index contributed by atoms with van der Waals surface area (Å²) in [6, 6.07) is 4.19. The lowest BCUT2D eigenvalue weighted by Gasteiger charge is -2.39. The lowest BCUT2D eigenvalue weighted by atomic mass is 9.99. The molecule has 1 aromatic carbocycles. The zero-order valence-corrected chi connectivity index (χ0v) is 17.1. The maximum absolute atomic E-state index is 12.2. The van der Waals surface area contributed by atoms with Crippen LogP contribution in [-0.4, -0.2) is 69.5 Å². The summed E-state index contributed by atoms with van der Waals surface area (Å²) in [6.07, 6.45) is -3.37. The normalized spacial score (nSPS) is 26.2. The fourth-order valence-electron chi connectivity index (χ4n) is 3.35. The van der Waals surface area contributed by atoms with Crippen molar-refractivity contribution in [3.8, 4) is 17.2 Å². The van der Waals surface area contributed by atoms with E-state index in [2.05, 4.69) is 6.92 Å². The highest BCUT2D eigenvalue weighted by Gasteiger charge is 2.44. The molecule has 1 aromatic heterocycles. The van der Waals surface area contributed by atoms with Crippen molar-refractivity contribution >= 4 is 11.0 Å². The van der Waals surface area contributed by atoms with Crippen LogP contribution in [-0.2, 0) is 4.74 Å². The first-order chi connectivity index (χ1) is 14.9. The first-order valence-electron chi connectivity index (χ1n) is 10.3. The molecule has 1 fully saturated rings. The number of aliphatic hydroxyl groups excluding tert-OH is 4. The number of unbranched alkanes of at least 4 members (excludes halogenated alkanes) is 3. The molecule has 0 bridgehead atoms. The zero-order valence-electron chi connectivity index (χ0n) is 17.1. The van der Waals surface area contributed by atoms with Crippen LogP contribution in [0.2, 0.25) is 0 Å². The molecule has 10 nitrogen and oxygen atoms in total. The third kappa shape index (κ3) is 5.10. The lowest BCUT2D eigenvalue weighted by molar-refractivity contribution is -0.277. The fraction of sp³-hybridized carbons (Fsp3) is 0.571. The Kier molecular flexibility index (Phi) is 7.74. The number of hydrogen-bond acceptors (Lipinski definition) is 10. The maximum Gasteiger partial charge on any atom is 0.383 e. The van der Waals surface area contributed by atoms with Crippen LogP contribution in [0.15, 0.2) is 27.4 Å². The molecular weight excluding hydrogens is 412 g/mol. The Morgan fingerprint density at radius 3 is 2.55 bits per heavy atom. The van der Waals surface area contributed by atoms with Crippen LogP contribution in [0.25, 0.3) is 11.0 Å². The molecular formula is C21H28O10. The molecule has 31 heavy (non-hydrogen) atoms. The van der Waals surface area contributed by atoms with Gasteiger partial charge >= 0.3 is 5.63 Å². The van der Waals surface area contributed by atoms with Gasteiger partial charge in [-0.2, -0.15) is 0 Å². The van der Waals surface area contributed by atoms with E-state index < -0.39 is 42.9 Å². The monoisotopic (exact) mass is 440 g/mol. The van der Waals surface area contributed by atoms with Gasteiger partial charge in [0.05, 0.1) is 18.6 Å². The Balaban J connectivity index is 1.77. The van der Waals surface area contributed by atoms with E-state index >= 15 is 0 Å². The Morgan fingerprint density at radius 1 is 1.06 bits per heavy atom. The lowest BCUT2D eigenvalue weighted by Crippen LogP contribution is -2.60. The van der Waals surface area contributed by atoms with E-state index in [4.69, 9.17) is 18.6 Å². The summed E-state index contributed by atoms with van der Waals surface area (Å²) in [5.74, 6) is -0.500. The Morgan fingerprint density at radius 2 is 1.84 bits per heavy atom. The van der Waals surface area contributed by atoms with Crippen molar-refractivity contribution in [2.75, 3.05) is 13.2 Å². The largest absolute Gasteiger partial charge is 0.504 e. The van der Waals surface area contributed by atoms with Crippen LogP contribution in [0.5, 0.6) is 17.2 Å². The van der Waals surface area contributed by atoms with E-state index in [0.29, 0.717) is 0 Å². The standard InChI is InChI=1S/C21H28O10/c1-2-3-4-5-8-28-19-15(23)12-7-6-11(9-13(12)30-20(19)27)29-21-18(26)17(25)16(24)14(10-22)31-21/h6-7,9,14,16-18,21-26H,2-5,8,10H2,1H3/t14-,16+,17+,18-,21?/m1/s1. The van der Waals surface area contributed by atoms with Gasteiger partial charge in [0.25, 0.3) is 0 Å². The van der Waals surface area contributed by atoms with Crippen molar-refractivity contribution in [2.24, 2.45) is 0 Å². The van der Waals surface area contributed by atoms with Crippen molar-refractivity contribution in [1.29, 1.82) is 0 Å². The highest BCUT2D eigenvalue weighted by Crippen LogP contribution is 2.34. The van der Waals surface area contributed by atoms with Crippen molar-refractivity contribution in [3.05, 3.63) is 28.6 Å². The Bertz CT molecular complexity index is 924. The summed E-state index contributed by atoms with van der Waals surface area (Å²) in [5.41, 5.74) is -0.826. The molecule has 3 rings (SSSR count). The minimum absolute atomic E-state index is 0.0166. The summed E-state index contributed by atoms with van der Waals surface area (Å²) in [7, 11) is 0. The third-order valence-corrected chi connectivity index (χ3v) is 5.16. The predicted molar refractivity (Wildman–Crippen MR) is 108 cm³/mol. The molecule has 1 aliphatic heterocycles. The van der Waals surface area contributed by atoms with Crippen LogP contribution < -0.4 is 15.1 Å². The minimum Gasteiger partial charge on any atom is -0.504 e. The van der Waals surface area contributed by atoms with Crippen LogP contribution in [0, 0.1) is 0 Å². The van der Waals surface area contributed by atoms with Crippen molar-refractivity contribution in [1.82, 2.24) is 0 Å². The molecule has 2 heterocycles. The molecule has 0 spiro atoms. The molecule has 0 radical (unpaired) electrons. The molecule has 172 valence electrons. The fourth-order valence-corrected chi connectivity index (χ4v) is 3.35. The maximum atomic E-state index is 12.2. The number of hydrogen-bond donors (Lipinski definition) is 5. The highest BCUT2D eigenvalue weighted by molar-refractivity contribution is 5.86. The summed E-state index contributed by atoms with van der Waals surface area (Å²) in [6.45, 7) is 1.77. The minimum atomic E-state index is -1.59. The number of fused-ring (bicyclic) bond motifs is 1. The van der Waals surface area contributed by atoms with Gasteiger partial charge in [-0.3, -0.25) is 0 Å². The molecule has 0 aliphatic carbocycles. The zero-order chi connectivity index (χ0) is 22.5. The van der Waals surface area contributed by atoms with Crippen LogP contribution >= 0.6 is 0 Å². The van der Waals surface area contributed by atoms with Crippen molar-refractivity contribution in [3.63, 3.8) is 0 Å². The van der Waals surface area contributed by atoms with Gasteiger partial charge in [-0.1, -0.05) is 26.2 Å². The summed E-state index contributed by atoms with van der Waals surface area (Å²) < 4.78 is 21.5. The van der Waals surface area contributed by atoms with Gasteiger partial charge in [0, 0.05) is 6.07 Å². The average Bonchev–Trinajstić information content (AvgIpc) is 2.75. The van der Waals surface area contributed by atoms with Crippen molar-refractivity contribution in [2.45, 2.75) is 63.3 Å². The third-order valence-electron chi connectivity index (χ3n) is 5.16. The first-order valence-corrected chi connectivity index (χ1v) is 10.3. The summed E-state index contributed by atoms with van der Waals surface area (Å²) in [5, 5.41) is 49.7. The van der Waals surface area contributed by atoms with Gasteiger partial charge in [0.15, 0.2) is 5.75 Å². The SMILES string of the molecule is CCCCCCOc1c(O)c2ccc(OC3O[C@H](CO)[C@H](O)[C@H](O)[C@H]3O)cc2oc1=O.